The maximum absolute atomic E-state index is 13.4. The van der Waals surface area contributed by atoms with Gasteiger partial charge in [0, 0.05) is 39.4 Å². The Bertz CT molecular complexity index is 1680. The predicted octanol–water partition coefficient (Wildman–Crippen LogP) is 6.93. The van der Waals surface area contributed by atoms with Gasteiger partial charge in [0.2, 0.25) is 5.91 Å². The van der Waals surface area contributed by atoms with Crippen molar-refractivity contribution in [2.24, 2.45) is 0 Å². The zero-order chi connectivity index (χ0) is 29.3. The Morgan fingerprint density at radius 2 is 1.60 bits per heavy atom. The molecule has 10 heteroatoms. The zero-order valence-electron chi connectivity index (χ0n) is 22.4. The van der Waals surface area contributed by atoms with Crippen LogP contribution in [0.4, 0.5) is 10.8 Å². The molecule has 0 radical (unpaired) electrons. The molecular weight excluding hydrogens is 569 g/mol. The summed E-state index contributed by atoms with van der Waals surface area (Å²) in [6.45, 7) is 1.81. The van der Waals surface area contributed by atoms with Gasteiger partial charge in [-0.2, -0.15) is 0 Å². The van der Waals surface area contributed by atoms with Gasteiger partial charge in [-0.05, 0) is 55.5 Å². The van der Waals surface area contributed by atoms with Crippen LogP contribution in [0.2, 0.25) is 0 Å². The molecule has 1 atom stereocenters. The average Bonchev–Trinajstić information content (AvgIpc) is 3.71. The Hall–Kier alpha value is -4.93. The van der Waals surface area contributed by atoms with Crippen LogP contribution in [0.15, 0.2) is 124 Å². The maximum atomic E-state index is 13.4. The first-order valence-corrected chi connectivity index (χ1v) is 14.7. The first-order valence-electron chi connectivity index (χ1n) is 13.0. The van der Waals surface area contributed by atoms with Gasteiger partial charge >= 0.3 is 0 Å². The van der Waals surface area contributed by atoms with Crippen LogP contribution in [-0.4, -0.2) is 28.0 Å². The van der Waals surface area contributed by atoms with Gasteiger partial charge in [0.05, 0.1) is 5.25 Å². The fourth-order valence-corrected chi connectivity index (χ4v) is 5.24. The van der Waals surface area contributed by atoms with Crippen LogP contribution in [0.1, 0.15) is 23.0 Å². The molecule has 210 valence electrons. The molecule has 5 aromatic rings. The largest absolute Gasteiger partial charge is 0.457 e. The number of benzene rings is 3. The molecule has 3 amide bonds. The Balaban J connectivity index is 1.29. The number of thioether (sulfide) groups is 1. The highest BCUT2D eigenvalue weighted by atomic mass is 32.2. The van der Waals surface area contributed by atoms with E-state index < -0.39 is 11.8 Å². The molecule has 3 N–H and O–H groups in total. The van der Waals surface area contributed by atoms with Gasteiger partial charge in [-0.1, -0.05) is 48.5 Å². The van der Waals surface area contributed by atoms with E-state index in [0.29, 0.717) is 27.9 Å². The van der Waals surface area contributed by atoms with E-state index in [1.54, 1.807) is 54.0 Å². The summed E-state index contributed by atoms with van der Waals surface area (Å²) in [7, 11) is 0. The van der Waals surface area contributed by atoms with Crippen molar-refractivity contribution in [1.82, 2.24) is 10.3 Å². The molecule has 0 saturated heterocycles. The van der Waals surface area contributed by atoms with Crippen LogP contribution in [0.5, 0.6) is 0 Å². The van der Waals surface area contributed by atoms with Gasteiger partial charge in [0.1, 0.15) is 17.2 Å². The Labute approximate surface area is 250 Å². The number of thiazole rings is 1. The van der Waals surface area contributed by atoms with Crippen LogP contribution in [0, 0.1) is 0 Å². The van der Waals surface area contributed by atoms with Crippen LogP contribution < -0.4 is 16.0 Å². The van der Waals surface area contributed by atoms with Gasteiger partial charge in [0.15, 0.2) is 5.13 Å². The van der Waals surface area contributed by atoms with E-state index in [4.69, 9.17) is 4.42 Å². The number of aromatic nitrogens is 1. The van der Waals surface area contributed by atoms with E-state index in [0.717, 1.165) is 10.5 Å². The van der Waals surface area contributed by atoms with Crippen molar-refractivity contribution in [3.8, 4) is 11.3 Å². The average molecular weight is 595 g/mol. The van der Waals surface area contributed by atoms with Crippen molar-refractivity contribution in [1.29, 1.82) is 0 Å². The lowest BCUT2D eigenvalue weighted by Gasteiger charge is -2.13. The summed E-state index contributed by atoms with van der Waals surface area (Å²) in [5, 5.41) is 10.3. The summed E-state index contributed by atoms with van der Waals surface area (Å²) in [5.74, 6) is -0.0514. The van der Waals surface area contributed by atoms with Crippen molar-refractivity contribution in [2.45, 2.75) is 17.1 Å². The van der Waals surface area contributed by atoms with Gasteiger partial charge < -0.3 is 20.4 Å². The highest BCUT2D eigenvalue weighted by Crippen LogP contribution is 2.27. The molecule has 0 aliphatic heterocycles. The highest BCUT2D eigenvalue weighted by molar-refractivity contribution is 8.00. The fourth-order valence-electron chi connectivity index (χ4n) is 3.84. The van der Waals surface area contributed by atoms with Crippen molar-refractivity contribution in [2.75, 3.05) is 10.6 Å². The number of hydrogen-bond donors (Lipinski definition) is 3. The number of anilines is 2. The second-order valence-electron chi connectivity index (χ2n) is 9.01. The predicted molar refractivity (Wildman–Crippen MR) is 167 cm³/mol. The number of carbonyl (C=O) groups excluding carboxylic acids is 3. The summed E-state index contributed by atoms with van der Waals surface area (Å²) in [4.78, 5) is 43.7. The van der Waals surface area contributed by atoms with Gasteiger partial charge in [-0.3, -0.25) is 14.4 Å². The Kier molecular flexibility index (Phi) is 9.27. The van der Waals surface area contributed by atoms with Crippen LogP contribution in [0.3, 0.4) is 0 Å². The lowest BCUT2D eigenvalue weighted by molar-refractivity contribution is -0.115. The van der Waals surface area contributed by atoms with Gasteiger partial charge in [0.25, 0.3) is 11.8 Å². The highest BCUT2D eigenvalue weighted by Gasteiger charge is 2.18. The van der Waals surface area contributed by atoms with Crippen molar-refractivity contribution in [3.63, 3.8) is 0 Å². The SMILES string of the molecule is C[C@H](Sc1ccc(NC(=O)/C(=C/c2ccc(-c3ccccc3)o2)NC(=O)c2ccccc2)cc1)C(=O)Nc1nccs1. The second kappa shape index (κ2) is 13.6. The molecule has 5 rings (SSSR count). The number of furan rings is 1. The van der Waals surface area contributed by atoms with E-state index in [-0.39, 0.29) is 16.9 Å². The van der Waals surface area contributed by atoms with E-state index in [1.165, 1.54) is 29.2 Å². The molecule has 8 nitrogen and oxygen atoms in total. The fraction of sp³-hybridized carbons (Fsp3) is 0.0625. The molecule has 0 aliphatic rings. The molecule has 0 saturated carbocycles. The minimum atomic E-state index is -0.520. The third-order valence-electron chi connectivity index (χ3n) is 5.96. The zero-order valence-corrected chi connectivity index (χ0v) is 24.1. The first-order chi connectivity index (χ1) is 20.4. The van der Waals surface area contributed by atoms with Crippen LogP contribution in [-0.2, 0) is 9.59 Å². The molecule has 0 bridgehead atoms. The lowest BCUT2D eigenvalue weighted by Crippen LogP contribution is -2.30. The number of hydrogen-bond acceptors (Lipinski definition) is 7. The second-order valence-corrected chi connectivity index (χ2v) is 11.3. The third-order valence-corrected chi connectivity index (χ3v) is 7.76. The molecular formula is C32H26N4O4S2. The van der Waals surface area contributed by atoms with E-state index >= 15 is 0 Å². The molecule has 0 spiro atoms. The maximum Gasteiger partial charge on any atom is 0.272 e. The van der Waals surface area contributed by atoms with Crippen molar-refractivity contribution < 1.29 is 18.8 Å². The molecule has 42 heavy (non-hydrogen) atoms. The normalized spacial score (nSPS) is 11.9. The molecule has 0 aliphatic carbocycles. The Morgan fingerprint density at radius 3 is 2.29 bits per heavy atom. The molecule has 0 unspecified atom stereocenters. The summed E-state index contributed by atoms with van der Waals surface area (Å²) < 4.78 is 5.95. The number of nitrogens with zero attached hydrogens (tertiary/aromatic N) is 1. The quantitative estimate of drug-likeness (QED) is 0.119. The number of carbonyl (C=O) groups is 3. The molecule has 3 aromatic carbocycles. The smallest absolute Gasteiger partial charge is 0.272 e. The summed E-state index contributed by atoms with van der Waals surface area (Å²) in [5.41, 5.74) is 1.84. The number of nitrogens with one attached hydrogen (secondary N) is 3. The minimum Gasteiger partial charge on any atom is -0.457 e. The summed E-state index contributed by atoms with van der Waals surface area (Å²) in [6, 6.07) is 28.9. The minimum absolute atomic E-state index is 0.0174. The molecule has 2 heterocycles. The van der Waals surface area contributed by atoms with Crippen LogP contribution in [0.25, 0.3) is 17.4 Å². The number of rotatable bonds is 10. The molecule has 0 fully saturated rings. The summed E-state index contributed by atoms with van der Waals surface area (Å²) >= 11 is 2.75. The van der Waals surface area contributed by atoms with Crippen molar-refractivity contribution >= 4 is 57.7 Å². The van der Waals surface area contributed by atoms with E-state index in [9.17, 15) is 14.4 Å². The van der Waals surface area contributed by atoms with Crippen molar-refractivity contribution in [3.05, 3.63) is 126 Å². The van der Waals surface area contributed by atoms with Gasteiger partial charge in [-0.25, -0.2) is 4.98 Å². The summed E-state index contributed by atoms with van der Waals surface area (Å²) in [6.07, 6.45) is 3.13. The molecule has 2 aromatic heterocycles. The standard InChI is InChI=1S/C32H26N4O4S2/c1-21(29(37)36-32-33-18-19-41-32)42-26-15-12-24(13-16-26)34-31(39)27(35-30(38)23-10-6-3-7-11-23)20-25-14-17-28(40-25)22-8-4-2-5-9-22/h2-21H,1H3,(H,34,39)(H,35,38)(H,33,36,37)/b27-20-/t21-/m0/s1. The third kappa shape index (κ3) is 7.62. The lowest BCUT2D eigenvalue weighted by atomic mass is 10.2. The monoisotopic (exact) mass is 594 g/mol. The van der Waals surface area contributed by atoms with Crippen LogP contribution >= 0.6 is 23.1 Å². The first kappa shape index (κ1) is 28.6. The van der Waals surface area contributed by atoms with E-state index in [2.05, 4.69) is 20.9 Å². The van der Waals surface area contributed by atoms with E-state index in [1.807, 2.05) is 61.5 Å². The Morgan fingerprint density at radius 1 is 0.881 bits per heavy atom. The number of amides is 3. The topological polar surface area (TPSA) is 113 Å². The van der Waals surface area contributed by atoms with Gasteiger partial charge in [-0.15, -0.1) is 23.1 Å².